The molecule has 0 saturated heterocycles. The molecule has 1 saturated carbocycles. The summed E-state index contributed by atoms with van der Waals surface area (Å²) in [7, 11) is 0. The Morgan fingerprint density at radius 3 is 2.59 bits per heavy atom. The van der Waals surface area contributed by atoms with E-state index in [0.717, 1.165) is 24.1 Å². The molecule has 0 amide bonds. The molecule has 0 aliphatic heterocycles. The molecule has 8 nitrogen and oxygen atoms in total. The Balaban J connectivity index is 1.74. The molecule has 2 heterocycles. The van der Waals surface area contributed by atoms with Crippen LogP contribution in [0.25, 0.3) is 11.0 Å². The fourth-order valence-electron chi connectivity index (χ4n) is 3.82. The maximum atomic E-state index is 12.7. The fraction of sp³-hybridized carbons (Fsp3) is 0.421. The molecule has 1 aromatic carbocycles. The largest absolute Gasteiger partial charge is 0.310 e. The van der Waals surface area contributed by atoms with E-state index in [1.165, 1.54) is 25.0 Å². The lowest BCUT2D eigenvalue weighted by Gasteiger charge is -2.11. The van der Waals surface area contributed by atoms with Crippen molar-refractivity contribution in [2.45, 2.75) is 51.5 Å². The predicted molar refractivity (Wildman–Crippen MR) is 101 cm³/mol. The van der Waals surface area contributed by atoms with Crippen LogP contribution in [-0.4, -0.2) is 24.7 Å². The molecule has 0 radical (unpaired) electrons. The summed E-state index contributed by atoms with van der Waals surface area (Å²) >= 11 is 0. The summed E-state index contributed by atoms with van der Waals surface area (Å²) in [5.41, 5.74) is 2.17. The fourth-order valence-corrected chi connectivity index (χ4v) is 3.82. The number of non-ortho nitro benzene ring substituents is 1. The van der Waals surface area contributed by atoms with Crippen LogP contribution in [0.2, 0.25) is 0 Å². The molecule has 0 atom stereocenters. The average molecular weight is 367 g/mol. The second-order valence-electron chi connectivity index (χ2n) is 6.99. The van der Waals surface area contributed by atoms with Gasteiger partial charge in [0.2, 0.25) is 0 Å². The van der Waals surface area contributed by atoms with Crippen molar-refractivity contribution >= 4 is 16.7 Å². The van der Waals surface area contributed by atoms with Crippen LogP contribution in [0.4, 0.5) is 5.69 Å². The maximum absolute atomic E-state index is 12.7. The first-order valence-electron chi connectivity index (χ1n) is 9.30. The van der Waals surface area contributed by atoms with Gasteiger partial charge in [-0.15, -0.1) is 0 Å². The minimum absolute atomic E-state index is 0.0440. The molecule has 1 aliphatic rings. The van der Waals surface area contributed by atoms with Gasteiger partial charge in [0.15, 0.2) is 5.65 Å². The molecule has 1 fully saturated rings. The summed E-state index contributed by atoms with van der Waals surface area (Å²) in [6, 6.07) is 6.60. The van der Waals surface area contributed by atoms with E-state index >= 15 is 0 Å². The summed E-state index contributed by atoms with van der Waals surface area (Å²) in [5, 5.41) is 16.1. The highest BCUT2D eigenvalue weighted by Crippen LogP contribution is 2.31. The van der Waals surface area contributed by atoms with Gasteiger partial charge in [-0.3, -0.25) is 14.9 Å². The van der Waals surface area contributed by atoms with Crippen LogP contribution in [0.3, 0.4) is 0 Å². The molecule has 0 bridgehead atoms. The number of hydrogen-bond acceptors (Lipinski definition) is 5. The molecule has 2 aromatic heterocycles. The van der Waals surface area contributed by atoms with E-state index in [2.05, 4.69) is 10.1 Å². The summed E-state index contributed by atoms with van der Waals surface area (Å²) in [5.74, 6) is 0.545. The van der Waals surface area contributed by atoms with Gasteiger partial charge in [-0.05, 0) is 24.8 Å². The highest BCUT2D eigenvalue weighted by molar-refractivity contribution is 5.77. The van der Waals surface area contributed by atoms with Crippen LogP contribution in [0.1, 0.15) is 55.7 Å². The molecule has 8 heteroatoms. The zero-order valence-corrected chi connectivity index (χ0v) is 15.1. The Labute approximate surface area is 155 Å². The minimum Gasteiger partial charge on any atom is -0.310 e. The topological polar surface area (TPSA) is 107 Å². The van der Waals surface area contributed by atoms with Crippen LogP contribution in [0.5, 0.6) is 0 Å². The number of aromatic amines is 1. The molecule has 0 spiro atoms. The first-order valence-corrected chi connectivity index (χ1v) is 9.30. The Morgan fingerprint density at radius 2 is 1.96 bits per heavy atom. The van der Waals surface area contributed by atoms with Crippen molar-refractivity contribution in [2.24, 2.45) is 0 Å². The van der Waals surface area contributed by atoms with Gasteiger partial charge in [-0.2, -0.15) is 5.10 Å². The van der Waals surface area contributed by atoms with E-state index in [0.29, 0.717) is 35.7 Å². The van der Waals surface area contributed by atoms with E-state index in [9.17, 15) is 14.9 Å². The van der Waals surface area contributed by atoms with Crippen molar-refractivity contribution < 1.29 is 4.92 Å². The Morgan fingerprint density at radius 1 is 1.26 bits per heavy atom. The highest BCUT2D eigenvalue weighted by atomic mass is 16.6. The number of nitrogens with zero attached hydrogens (tertiary/aromatic N) is 4. The number of benzene rings is 1. The van der Waals surface area contributed by atoms with E-state index < -0.39 is 4.92 Å². The Kier molecular flexibility index (Phi) is 4.47. The first kappa shape index (κ1) is 17.4. The molecule has 3 aromatic rings. The first-order chi connectivity index (χ1) is 13.1. The van der Waals surface area contributed by atoms with Crippen molar-refractivity contribution in [1.29, 1.82) is 0 Å². The summed E-state index contributed by atoms with van der Waals surface area (Å²) in [6.07, 6.45) is 5.56. The number of aryl methyl sites for hydroxylation is 1. The smallest absolute Gasteiger partial charge is 0.269 e. The van der Waals surface area contributed by atoms with Crippen LogP contribution in [0, 0.1) is 10.1 Å². The number of rotatable bonds is 5. The van der Waals surface area contributed by atoms with Gasteiger partial charge in [0.25, 0.3) is 11.2 Å². The molecule has 4 rings (SSSR count). The van der Waals surface area contributed by atoms with E-state index in [4.69, 9.17) is 4.98 Å². The summed E-state index contributed by atoms with van der Waals surface area (Å²) in [6.45, 7) is 1.99. The van der Waals surface area contributed by atoms with Crippen LogP contribution < -0.4 is 5.56 Å². The monoisotopic (exact) mass is 367 g/mol. The van der Waals surface area contributed by atoms with E-state index in [1.54, 1.807) is 12.1 Å². The number of nitrogens with one attached hydrogen (secondary N) is 1. The number of fused-ring (bicyclic) bond motifs is 1. The third kappa shape index (κ3) is 3.22. The zero-order valence-electron chi connectivity index (χ0n) is 15.1. The third-order valence-electron chi connectivity index (χ3n) is 5.21. The second-order valence-corrected chi connectivity index (χ2v) is 6.99. The average Bonchev–Trinajstić information content (AvgIpc) is 3.29. The molecule has 140 valence electrons. The number of H-pyrrole nitrogens is 1. The van der Waals surface area contributed by atoms with Crippen LogP contribution in [0.15, 0.2) is 29.1 Å². The van der Waals surface area contributed by atoms with Gasteiger partial charge in [0.1, 0.15) is 11.2 Å². The lowest BCUT2D eigenvalue weighted by Crippen LogP contribution is -2.14. The molecule has 1 N–H and O–H groups in total. The van der Waals surface area contributed by atoms with Crippen molar-refractivity contribution in [3.8, 4) is 0 Å². The van der Waals surface area contributed by atoms with Gasteiger partial charge >= 0.3 is 0 Å². The van der Waals surface area contributed by atoms with Crippen molar-refractivity contribution in [1.82, 2.24) is 19.7 Å². The van der Waals surface area contributed by atoms with Crippen molar-refractivity contribution in [3.63, 3.8) is 0 Å². The molecular weight excluding hydrogens is 346 g/mol. The highest BCUT2D eigenvalue weighted by Gasteiger charge is 2.24. The number of nitro groups is 1. The number of aromatic nitrogens is 4. The molecule has 27 heavy (non-hydrogen) atoms. The summed E-state index contributed by atoms with van der Waals surface area (Å²) < 4.78 is 1.94. The number of hydrogen-bond donors (Lipinski definition) is 1. The molecular formula is C19H21N5O3. The Bertz CT molecular complexity index is 1050. The normalized spacial score (nSPS) is 14.9. The molecule has 0 unspecified atom stereocenters. The van der Waals surface area contributed by atoms with Crippen LogP contribution >= 0.6 is 0 Å². The lowest BCUT2D eigenvalue weighted by molar-refractivity contribution is -0.384. The third-order valence-corrected chi connectivity index (χ3v) is 5.21. The summed E-state index contributed by atoms with van der Waals surface area (Å²) in [4.78, 5) is 30.6. The quantitative estimate of drug-likeness (QED) is 0.550. The predicted octanol–water partition coefficient (Wildman–Crippen LogP) is 3.30. The van der Waals surface area contributed by atoms with Crippen molar-refractivity contribution in [3.05, 3.63) is 61.8 Å². The van der Waals surface area contributed by atoms with Gasteiger partial charge in [0.05, 0.1) is 16.7 Å². The number of nitro benzene ring substituents is 1. The van der Waals surface area contributed by atoms with Gasteiger partial charge in [-0.1, -0.05) is 31.9 Å². The maximum Gasteiger partial charge on any atom is 0.269 e. The lowest BCUT2D eigenvalue weighted by atomic mass is 10.1. The SMILES string of the molecule is CCc1nn(C2CCCC2)c2nc(Cc3ccc([N+](=O)[O-])cc3)[nH]c(=O)c12. The zero-order chi connectivity index (χ0) is 19.0. The van der Waals surface area contributed by atoms with E-state index in [-0.39, 0.29) is 11.2 Å². The van der Waals surface area contributed by atoms with Crippen LogP contribution in [-0.2, 0) is 12.8 Å². The van der Waals surface area contributed by atoms with Gasteiger partial charge in [-0.25, -0.2) is 9.67 Å². The minimum atomic E-state index is -0.428. The van der Waals surface area contributed by atoms with Gasteiger partial charge < -0.3 is 4.98 Å². The van der Waals surface area contributed by atoms with E-state index in [1.807, 2.05) is 11.6 Å². The van der Waals surface area contributed by atoms with Gasteiger partial charge in [0, 0.05) is 18.6 Å². The standard InChI is InChI=1S/C19H21N5O3/c1-2-15-17-18(23(22-15)13-5-3-4-6-13)20-16(21-19(17)25)11-12-7-9-14(10-8-12)24(26)27/h7-10,13H,2-6,11H2,1H3,(H,20,21,25). The Hall–Kier alpha value is -3.03. The molecule has 1 aliphatic carbocycles. The second kappa shape index (κ2) is 6.94. The van der Waals surface area contributed by atoms with Crippen molar-refractivity contribution in [2.75, 3.05) is 0 Å².